The first-order chi connectivity index (χ1) is 13.2. The molecule has 0 saturated heterocycles. The fourth-order valence-electron chi connectivity index (χ4n) is 4.06. The molecular weight excluding hydrogens is 338 g/mol. The topological polar surface area (TPSA) is 61.4 Å². The Hall–Kier alpha value is -2.82. The molecule has 27 heavy (non-hydrogen) atoms. The molecule has 0 fully saturated rings. The maximum atomic E-state index is 12.4. The van der Waals surface area contributed by atoms with E-state index in [1.54, 1.807) is 0 Å². The molecule has 0 atom stereocenters. The molecule has 0 saturated carbocycles. The molecule has 0 spiro atoms. The number of aryl methyl sites for hydroxylation is 3. The molecule has 1 heterocycles. The number of hydrogen-bond donors (Lipinski definition) is 2. The van der Waals surface area contributed by atoms with Gasteiger partial charge in [0.15, 0.2) is 0 Å². The van der Waals surface area contributed by atoms with E-state index in [4.69, 9.17) is 0 Å². The van der Waals surface area contributed by atoms with Crippen molar-refractivity contribution in [2.24, 2.45) is 0 Å². The summed E-state index contributed by atoms with van der Waals surface area (Å²) >= 11 is 0. The summed E-state index contributed by atoms with van der Waals surface area (Å²) in [5.41, 5.74) is 10.7. The molecule has 5 nitrogen and oxygen atoms in total. The van der Waals surface area contributed by atoms with Crippen molar-refractivity contribution >= 4 is 17.5 Å². The largest absolute Gasteiger partial charge is 0.362 e. The van der Waals surface area contributed by atoms with Crippen LogP contribution in [0.15, 0.2) is 42.5 Å². The SMILES string of the molecule is O=C(CN1CCCc2ccccc21)NNC(=O)c1ccc2c(c1)CCCC2. The van der Waals surface area contributed by atoms with E-state index >= 15 is 0 Å². The number of carbonyl (C=O) groups excluding carboxylic acids is 2. The number of nitrogens with one attached hydrogen (secondary N) is 2. The molecule has 0 bridgehead atoms. The maximum absolute atomic E-state index is 12.4. The third kappa shape index (κ3) is 3.97. The van der Waals surface area contributed by atoms with Crippen LogP contribution in [0.3, 0.4) is 0 Å². The molecule has 2 amide bonds. The van der Waals surface area contributed by atoms with E-state index in [9.17, 15) is 9.59 Å². The van der Waals surface area contributed by atoms with Crippen molar-refractivity contribution in [3.8, 4) is 0 Å². The van der Waals surface area contributed by atoms with E-state index in [0.29, 0.717) is 5.56 Å². The lowest BCUT2D eigenvalue weighted by Crippen LogP contribution is -2.47. The van der Waals surface area contributed by atoms with Gasteiger partial charge in [-0.25, -0.2) is 0 Å². The summed E-state index contributed by atoms with van der Waals surface area (Å²) in [7, 11) is 0. The van der Waals surface area contributed by atoms with Crippen LogP contribution in [-0.4, -0.2) is 24.9 Å². The molecule has 0 unspecified atom stereocenters. The molecule has 2 N–H and O–H groups in total. The number of carbonyl (C=O) groups is 2. The lowest BCUT2D eigenvalue weighted by molar-refractivity contribution is -0.120. The van der Waals surface area contributed by atoms with Gasteiger partial charge in [0.1, 0.15) is 0 Å². The standard InChI is InChI=1S/C22H25N3O2/c26-21(15-25-13-5-9-17-7-3-4-10-20(17)25)23-24-22(27)19-12-11-16-6-1-2-8-18(16)14-19/h3-4,7,10-12,14H,1-2,5-6,8-9,13,15H2,(H,23,26)(H,24,27). The van der Waals surface area contributed by atoms with Gasteiger partial charge in [-0.05, 0) is 73.4 Å². The summed E-state index contributed by atoms with van der Waals surface area (Å²) in [5, 5.41) is 0. The summed E-state index contributed by atoms with van der Waals surface area (Å²) in [6.07, 6.45) is 6.58. The molecule has 5 heteroatoms. The van der Waals surface area contributed by atoms with Gasteiger partial charge in [0.25, 0.3) is 11.8 Å². The fraction of sp³-hybridized carbons (Fsp3) is 0.364. The molecular formula is C22H25N3O2. The average Bonchev–Trinajstić information content (AvgIpc) is 2.72. The summed E-state index contributed by atoms with van der Waals surface area (Å²) in [6.45, 7) is 1.09. The summed E-state index contributed by atoms with van der Waals surface area (Å²) in [4.78, 5) is 26.8. The predicted octanol–water partition coefficient (Wildman–Crippen LogP) is 2.78. The van der Waals surface area contributed by atoms with Gasteiger partial charge < -0.3 is 4.90 Å². The average molecular weight is 363 g/mol. The summed E-state index contributed by atoms with van der Waals surface area (Å²) in [5.74, 6) is -0.478. The van der Waals surface area contributed by atoms with Crippen molar-refractivity contribution in [2.75, 3.05) is 18.0 Å². The van der Waals surface area contributed by atoms with Gasteiger partial charge in [0.2, 0.25) is 0 Å². The van der Waals surface area contributed by atoms with Crippen LogP contribution < -0.4 is 15.8 Å². The van der Waals surface area contributed by atoms with Gasteiger partial charge in [-0.2, -0.15) is 0 Å². The van der Waals surface area contributed by atoms with Gasteiger partial charge in [-0.3, -0.25) is 20.4 Å². The number of hydrazine groups is 1. The van der Waals surface area contributed by atoms with E-state index in [2.05, 4.69) is 21.8 Å². The van der Waals surface area contributed by atoms with E-state index in [1.165, 1.54) is 29.5 Å². The van der Waals surface area contributed by atoms with Crippen LogP contribution in [-0.2, 0) is 24.1 Å². The van der Waals surface area contributed by atoms with Gasteiger partial charge >= 0.3 is 0 Å². The second kappa shape index (κ2) is 7.82. The van der Waals surface area contributed by atoms with Gasteiger partial charge in [0.05, 0.1) is 6.54 Å². The number of hydrogen-bond acceptors (Lipinski definition) is 3. The second-order valence-corrected chi connectivity index (χ2v) is 7.35. The minimum atomic E-state index is -0.268. The lowest BCUT2D eigenvalue weighted by Gasteiger charge is -2.30. The first kappa shape index (κ1) is 17.6. The predicted molar refractivity (Wildman–Crippen MR) is 106 cm³/mol. The van der Waals surface area contributed by atoms with Gasteiger partial charge in [0, 0.05) is 17.8 Å². The summed E-state index contributed by atoms with van der Waals surface area (Å²) < 4.78 is 0. The number of nitrogens with zero attached hydrogens (tertiary/aromatic N) is 1. The first-order valence-corrected chi connectivity index (χ1v) is 9.74. The molecule has 4 rings (SSSR count). The lowest BCUT2D eigenvalue weighted by atomic mass is 9.90. The molecule has 1 aliphatic carbocycles. The summed E-state index contributed by atoms with van der Waals surface area (Å²) in [6, 6.07) is 14.0. The van der Waals surface area contributed by atoms with E-state index in [0.717, 1.165) is 37.9 Å². The normalized spacial score (nSPS) is 15.5. The van der Waals surface area contributed by atoms with Crippen LogP contribution in [0.5, 0.6) is 0 Å². The molecule has 2 aromatic carbocycles. The Morgan fingerprint density at radius 3 is 2.52 bits per heavy atom. The molecule has 2 aliphatic rings. The number of para-hydroxylation sites is 1. The van der Waals surface area contributed by atoms with Crippen LogP contribution in [0.2, 0.25) is 0 Å². The van der Waals surface area contributed by atoms with Crippen LogP contribution in [0.25, 0.3) is 0 Å². The zero-order valence-electron chi connectivity index (χ0n) is 15.5. The smallest absolute Gasteiger partial charge is 0.269 e. The molecule has 2 aromatic rings. The fourth-order valence-corrected chi connectivity index (χ4v) is 4.06. The van der Waals surface area contributed by atoms with Crippen molar-refractivity contribution in [3.05, 3.63) is 64.7 Å². The minimum Gasteiger partial charge on any atom is -0.362 e. The van der Waals surface area contributed by atoms with Crippen LogP contribution in [0.1, 0.15) is 46.3 Å². The van der Waals surface area contributed by atoms with Crippen LogP contribution in [0.4, 0.5) is 5.69 Å². The Morgan fingerprint density at radius 2 is 1.63 bits per heavy atom. The van der Waals surface area contributed by atoms with Gasteiger partial charge in [-0.15, -0.1) is 0 Å². The zero-order valence-corrected chi connectivity index (χ0v) is 15.5. The highest BCUT2D eigenvalue weighted by Gasteiger charge is 2.19. The Bertz CT molecular complexity index is 862. The monoisotopic (exact) mass is 363 g/mol. The highest BCUT2D eigenvalue weighted by Crippen LogP contribution is 2.26. The van der Waals surface area contributed by atoms with Crippen molar-refractivity contribution in [1.82, 2.24) is 10.9 Å². The quantitative estimate of drug-likeness (QED) is 0.825. The highest BCUT2D eigenvalue weighted by molar-refractivity contribution is 5.96. The van der Waals surface area contributed by atoms with Crippen molar-refractivity contribution in [3.63, 3.8) is 0 Å². The van der Waals surface area contributed by atoms with Crippen LogP contribution >= 0.6 is 0 Å². The number of amides is 2. The second-order valence-electron chi connectivity index (χ2n) is 7.35. The Balaban J connectivity index is 1.34. The van der Waals surface area contributed by atoms with Crippen molar-refractivity contribution in [1.29, 1.82) is 0 Å². The number of rotatable bonds is 3. The van der Waals surface area contributed by atoms with Gasteiger partial charge in [-0.1, -0.05) is 24.3 Å². The molecule has 140 valence electrons. The third-order valence-corrected chi connectivity index (χ3v) is 5.47. The number of benzene rings is 2. The maximum Gasteiger partial charge on any atom is 0.269 e. The Labute approximate surface area is 159 Å². The highest BCUT2D eigenvalue weighted by atomic mass is 16.2. The van der Waals surface area contributed by atoms with E-state index < -0.39 is 0 Å². The van der Waals surface area contributed by atoms with E-state index in [-0.39, 0.29) is 18.4 Å². The Morgan fingerprint density at radius 1 is 0.852 bits per heavy atom. The molecule has 0 aromatic heterocycles. The number of fused-ring (bicyclic) bond motifs is 2. The van der Waals surface area contributed by atoms with E-state index in [1.807, 2.05) is 36.4 Å². The molecule has 0 radical (unpaired) electrons. The zero-order chi connectivity index (χ0) is 18.6. The van der Waals surface area contributed by atoms with Crippen molar-refractivity contribution < 1.29 is 9.59 Å². The first-order valence-electron chi connectivity index (χ1n) is 9.74. The molecule has 1 aliphatic heterocycles. The van der Waals surface area contributed by atoms with Crippen LogP contribution in [0, 0.1) is 0 Å². The Kier molecular flexibility index (Phi) is 5.10. The number of anilines is 1. The van der Waals surface area contributed by atoms with Crippen molar-refractivity contribution in [2.45, 2.75) is 38.5 Å². The third-order valence-electron chi connectivity index (χ3n) is 5.47. The minimum absolute atomic E-state index is 0.210.